The van der Waals surface area contributed by atoms with E-state index in [1.807, 2.05) is 13.0 Å². The van der Waals surface area contributed by atoms with E-state index in [1.165, 1.54) is 22.8 Å². The van der Waals surface area contributed by atoms with Gasteiger partial charge in [0.15, 0.2) is 0 Å². The Kier molecular flexibility index (Phi) is 5.21. The highest BCUT2D eigenvalue weighted by Crippen LogP contribution is 2.33. The number of rotatable bonds is 4. The van der Waals surface area contributed by atoms with E-state index in [-0.39, 0.29) is 22.5 Å². The zero-order valence-electron chi connectivity index (χ0n) is 18.0. The highest BCUT2D eigenvalue weighted by atomic mass is 35.5. The van der Waals surface area contributed by atoms with Crippen molar-refractivity contribution >= 4 is 28.4 Å². The van der Waals surface area contributed by atoms with Crippen LogP contribution in [0.25, 0.3) is 33.3 Å². The summed E-state index contributed by atoms with van der Waals surface area (Å²) in [6.07, 6.45) is 3.56. The Hall–Kier alpha value is -3.58. The standard InChI is InChI=1S/C25H20ClFN4O2/c1-13-3-4-14(24(32)29-17-6-7-17)9-19(13)20-10-15-12-28-30-22(23(15)31(2)25(20)33)18-8-5-16(27)11-21(18)26/h3-5,8-12,17H,6-7H2,1-2H3,(H,29,32). The number of nitrogens with one attached hydrogen (secondary N) is 1. The lowest BCUT2D eigenvalue weighted by atomic mass is 9.97. The van der Waals surface area contributed by atoms with E-state index >= 15 is 0 Å². The molecule has 0 aliphatic heterocycles. The Morgan fingerprint density at radius 2 is 1.91 bits per heavy atom. The lowest BCUT2D eigenvalue weighted by Gasteiger charge is -2.14. The molecule has 1 N–H and O–H groups in total. The maximum atomic E-state index is 13.6. The summed E-state index contributed by atoms with van der Waals surface area (Å²) in [6.45, 7) is 1.90. The fourth-order valence-electron chi connectivity index (χ4n) is 3.96. The average Bonchev–Trinajstić information content (AvgIpc) is 3.60. The SMILES string of the molecule is Cc1ccc(C(=O)NC2CC2)cc1-c1cc2cnnc(-c3ccc(F)cc3Cl)c2n(C)c1=O. The van der Waals surface area contributed by atoms with E-state index < -0.39 is 5.82 Å². The number of carbonyl (C=O) groups excluding carboxylic acids is 1. The van der Waals surface area contributed by atoms with Crippen LogP contribution in [0, 0.1) is 12.7 Å². The molecule has 0 saturated heterocycles. The molecule has 6 nitrogen and oxygen atoms in total. The predicted molar refractivity (Wildman–Crippen MR) is 126 cm³/mol. The van der Waals surface area contributed by atoms with Gasteiger partial charge in [-0.1, -0.05) is 17.7 Å². The highest BCUT2D eigenvalue weighted by molar-refractivity contribution is 6.33. The first-order valence-corrected chi connectivity index (χ1v) is 10.9. The van der Waals surface area contributed by atoms with Crippen LogP contribution in [-0.2, 0) is 7.05 Å². The number of fused-ring (bicyclic) bond motifs is 1. The van der Waals surface area contributed by atoms with Gasteiger partial charge in [0.2, 0.25) is 0 Å². The van der Waals surface area contributed by atoms with Crippen LogP contribution >= 0.6 is 11.6 Å². The second kappa shape index (κ2) is 8.08. The van der Waals surface area contributed by atoms with Gasteiger partial charge in [0, 0.05) is 35.2 Å². The summed E-state index contributed by atoms with van der Waals surface area (Å²) >= 11 is 6.26. The number of halogens is 2. The molecular weight excluding hydrogens is 443 g/mol. The number of aryl methyl sites for hydroxylation is 2. The van der Waals surface area contributed by atoms with Crippen LogP contribution in [0.5, 0.6) is 0 Å². The van der Waals surface area contributed by atoms with E-state index in [0.29, 0.717) is 38.9 Å². The molecule has 4 aromatic rings. The maximum Gasteiger partial charge on any atom is 0.258 e. The normalized spacial score (nSPS) is 13.3. The minimum Gasteiger partial charge on any atom is -0.349 e. The van der Waals surface area contributed by atoms with Gasteiger partial charge in [-0.05, 0) is 67.3 Å². The minimum absolute atomic E-state index is 0.143. The summed E-state index contributed by atoms with van der Waals surface area (Å²) in [5.74, 6) is -0.607. The molecule has 1 fully saturated rings. The molecule has 0 unspecified atom stereocenters. The minimum atomic E-state index is -0.464. The number of aromatic nitrogens is 3. The number of nitrogens with zero attached hydrogens (tertiary/aromatic N) is 3. The molecule has 8 heteroatoms. The number of amides is 1. The van der Waals surface area contributed by atoms with Gasteiger partial charge in [0.05, 0.1) is 16.7 Å². The van der Waals surface area contributed by atoms with Crippen molar-refractivity contribution in [3.63, 3.8) is 0 Å². The molecule has 2 aromatic carbocycles. The molecule has 166 valence electrons. The van der Waals surface area contributed by atoms with Crippen LogP contribution < -0.4 is 10.9 Å². The molecule has 2 heterocycles. The molecule has 0 radical (unpaired) electrons. The second-order valence-corrected chi connectivity index (χ2v) is 8.73. The zero-order valence-corrected chi connectivity index (χ0v) is 18.8. The van der Waals surface area contributed by atoms with Crippen molar-refractivity contribution in [3.8, 4) is 22.4 Å². The van der Waals surface area contributed by atoms with Crippen molar-refractivity contribution < 1.29 is 9.18 Å². The van der Waals surface area contributed by atoms with Crippen LogP contribution in [0.15, 0.2) is 53.5 Å². The highest BCUT2D eigenvalue weighted by Gasteiger charge is 2.24. The third-order valence-corrected chi connectivity index (χ3v) is 6.22. The third kappa shape index (κ3) is 3.89. The van der Waals surface area contributed by atoms with Crippen molar-refractivity contribution in [1.29, 1.82) is 0 Å². The van der Waals surface area contributed by atoms with Crippen molar-refractivity contribution in [3.05, 3.63) is 81.0 Å². The molecule has 5 rings (SSSR count). The smallest absolute Gasteiger partial charge is 0.258 e. The van der Waals surface area contributed by atoms with Gasteiger partial charge in [0.1, 0.15) is 11.5 Å². The molecule has 33 heavy (non-hydrogen) atoms. The fraction of sp³-hybridized carbons (Fsp3) is 0.200. The number of hydrogen-bond acceptors (Lipinski definition) is 4. The van der Waals surface area contributed by atoms with Gasteiger partial charge in [-0.15, -0.1) is 5.10 Å². The van der Waals surface area contributed by atoms with Crippen molar-refractivity contribution in [2.75, 3.05) is 0 Å². The first-order chi connectivity index (χ1) is 15.8. The Bertz CT molecular complexity index is 1490. The quantitative estimate of drug-likeness (QED) is 0.478. The van der Waals surface area contributed by atoms with Crippen LogP contribution in [0.3, 0.4) is 0 Å². The first-order valence-electron chi connectivity index (χ1n) is 10.6. The lowest BCUT2D eigenvalue weighted by molar-refractivity contribution is 0.0951. The molecular formula is C25H20ClFN4O2. The summed E-state index contributed by atoms with van der Waals surface area (Å²) in [4.78, 5) is 26.0. The molecule has 0 spiro atoms. The summed E-state index contributed by atoms with van der Waals surface area (Å²) in [5.41, 5.74) is 3.67. The van der Waals surface area contributed by atoms with Gasteiger partial charge in [0.25, 0.3) is 11.5 Å². The largest absolute Gasteiger partial charge is 0.349 e. The van der Waals surface area contributed by atoms with Crippen molar-refractivity contribution in [2.24, 2.45) is 7.05 Å². The Morgan fingerprint density at radius 3 is 2.64 bits per heavy atom. The zero-order chi connectivity index (χ0) is 23.3. The molecule has 1 aliphatic carbocycles. The van der Waals surface area contributed by atoms with E-state index in [4.69, 9.17) is 11.6 Å². The topological polar surface area (TPSA) is 76.9 Å². The van der Waals surface area contributed by atoms with E-state index in [2.05, 4.69) is 15.5 Å². The lowest BCUT2D eigenvalue weighted by Crippen LogP contribution is -2.25. The van der Waals surface area contributed by atoms with Crippen LogP contribution in [0.2, 0.25) is 5.02 Å². The fourth-order valence-corrected chi connectivity index (χ4v) is 4.21. The second-order valence-electron chi connectivity index (χ2n) is 8.32. The van der Waals surface area contributed by atoms with Gasteiger partial charge < -0.3 is 9.88 Å². The van der Waals surface area contributed by atoms with Crippen LogP contribution in [0.1, 0.15) is 28.8 Å². The van der Waals surface area contributed by atoms with E-state index in [9.17, 15) is 14.0 Å². The molecule has 1 saturated carbocycles. The summed E-state index contributed by atoms with van der Waals surface area (Å²) in [7, 11) is 1.65. The van der Waals surface area contributed by atoms with E-state index in [1.54, 1.807) is 31.4 Å². The third-order valence-electron chi connectivity index (χ3n) is 5.91. The maximum absolute atomic E-state index is 13.6. The Balaban J connectivity index is 1.68. The molecule has 0 bridgehead atoms. The number of hydrogen-bond donors (Lipinski definition) is 1. The molecule has 1 amide bonds. The molecule has 1 aliphatic rings. The summed E-state index contributed by atoms with van der Waals surface area (Å²) < 4.78 is 15.0. The molecule has 0 atom stereocenters. The number of pyridine rings is 1. The van der Waals surface area contributed by atoms with Gasteiger partial charge in [-0.3, -0.25) is 9.59 Å². The van der Waals surface area contributed by atoms with Gasteiger partial charge in [-0.2, -0.15) is 5.10 Å². The van der Waals surface area contributed by atoms with Crippen molar-refractivity contribution in [2.45, 2.75) is 25.8 Å². The van der Waals surface area contributed by atoms with Crippen LogP contribution in [-0.4, -0.2) is 26.7 Å². The summed E-state index contributed by atoms with van der Waals surface area (Å²) in [6, 6.07) is 11.4. The summed E-state index contributed by atoms with van der Waals surface area (Å²) in [5, 5.41) is 12.1. The van der Waals surface area contributed by atoms with Crippen molar-refractivity contribution in [1.82, 2.24) is 20.1 Å². The van der Waals surface area contributed by atoms with Crippen LogP contribution in [0.4, 0.5) is 4.39 Å². The average molecular weight is 463 g/mol. The Labute approximate surface area is 194 Å². The Morgan fingerprint density at radius 1 is 1.12 bits per heavy atom. The van der Waals surface area contributed by atoms with Gasteiger partial charge >= 0.3 is 0 Å². The van der Waals surface area contributed by atoms with E-state index in [0.717, 1.165) is 18.4 Å². The number of benzene rings is 2. The predicted octanol–water partition coefficient (Wildman–Crippen LogP) is 4.66. The van der Waals surface area contributed by atoms with Gasteiger partial charge in [-0.25, -0.2) is 4.39 Å². The first kappa shape index (κ1) is 21.3. The monoisotopic (exact) mass is 462 g/mol. The number of carbonyl (C=O) groups is 1. The molecule has 2 aromatic heterocycles.